The summed E-state index contributed by atoms with van der Waals surface area (Å²) in [6, 6.07) is 0. The SMILES string of the molecule is CC1CC(C)(OCCN)CC2CC(OC(N)=O)(C1)C2. The molecule has 5 nitrogen and oxygen atoms in total. The molecule has 2 unspecified atom stereocenters. The standard InChI is InChI=1S/C14H26N2O3/c1-10-5-13(2,18-4-3-15)7-11-8-14(6-10,9-11)19-12(16)17/h10-11H,3-9,15H2,1-2H3,(H2,16,17). The summed E-state index contributed by atoms with van der Waals surface area (Å²) >= 11 is 0. The summed E-state index contributed by atoms with van der Waals surface area (Å²) in [5.41, 5.74) is 10.3. The van der Waals surface area contributed by atoms with Gasteiger partial charge in [0.25, 0.3) is 0 Å². The van der Waals surface area contributed by atoms with Gasteiger partial charge in [-0.1, -0.05) is 6.92 Å². The van der Waals surface area contributed by atoms with Gasteiger partial charge in [-0.2, -0.15) is 0 Å². The molecular formula is C14H26N2O3. The molecule has 0 aliphatic heterocycles. The highest BCUT2D eigenvalue weighted by Crippen LogP contribution is 2.52. The normalized spacial score (nSPS) is 41.8. The fourth-order valence-corrected chi connectivity index (χ4v) is 4.20. The van der Waals surface area contributed by atoms with Crippen molar-refractivity contribution in [3.05, 3.63) is 0 Å². The highest BCUT2D eigenvalue weighted by molar-refractivity contribution is 5.65. The number of nitrogens with two attached hydrogens (primary N) is 2. The second-order valence-corrected chi connectivity index (χ2v) is 6.68. The van der Waals surface area contributed by atoms with Crippen LogP contribution in [0.2, 0.25) is 0 Å². The number of ether oxygens (including phenoxy) is 2. The van der Waals surface area contributed by atoms with Gasteiger partial charge < -0.3 is 20.9 Å². The molecule has 3 rings (SSSR count). The molecule has 2 atom stereocenters. The van der Waals surface area contributed by atoms with Crippen LogP contribution in [0.15, 0.2) is 0 Å². The number of rotatable bonds is 4. The van der Waals surface area contributed by atoms with Crippen LogP contribution in [0.1, 0.15) is 46.0 Å². The van der Waals surface area contributed by atoms with Crippen LogP contribution in [0.4, 0.5) is 4.79 Å². The van der Waals surface area contributed by atoms with Crippen molar-refractivity contribution in [1.29, 1.82) is 0 Å². The molecule has 0 aromatic carbocycles. The molecule has 110 valence electrons. The van der Waals surface area contributed by atoms with Gasteiger partial charge in [0.2, 0.25) is 0 Å². The first-order chi connectivity index (χ1) is 8.86. The van der Waals surface area contributed by atoms with Gasteiger partial charge in [-0.15, -0.1) is 0 Å². The van der Waals surface area contributed by atoms with E-state index in [0.29, 0.717) is 25.0 Å². The Kier molecular flexibility index (Phi) is 4.06. The van der Waals surface area contributed by atoms with E-state index in [-0.39, 0.29) is 11.2 Å². The van der Waals surface area contributed by atoms with E-state index in [0.717, 1.165) is 32.1 Å². The molecule has 19 heavy (non-hydrogen) atoms. The molecule has 3 fully saturated rings. The number of amides is 1. The second kappa shape index (κ2) is 5.29. The molecule has 0 heterocycles. The van der Waals surface area contributed by atoms with Gasteiger partial charge in [0.1, 0.15) is 5.60 Å². The van der Waals surface area contributed by atoms with Gasteiger partial charge in [-0.3, -0.25) is 0 Å². The van der Waals surface area contributed by atoms with Crippen LogP contribution in [0, 0.1) is 11.8 Å². The van der Waals surface area contributed by atoms with Crippen molar-refractivity contribution in [2.45, 2.75) is 57.2 Å². The van der Waals surface area contributed by atoms with Crippen LogP contribution in [0.3, 0.4) is 0 Å². The van der Waals surface area contributed by atoms with Gasteiger partial charge in [0.05, 0.1) is 12.2 Å². The van der Waals surface area contributed by atoms with Crippen LogP contribution in [0.25, 0.3) is 0 Å². The fourth-order valence-electron chi connectivity index (χ4n) is 4.20. The van der Waals surface area contributed by atoms with Gasteiger partial charge in [0, 0.05) is 6.54 Å². The second-order valence-electron chi connectivity index (χ2n) is 6.68. The number of carbonyl (C=O) groups is 1. The zero-order valence-corrected chi connectivity index (χ0v) is 12.0. The molecule has 1 amide bonds. The smallest absolute Gasteiger partial charge is 0.405 e. The van der Waals surface area contributed by atoms with Crippen molar-refractivity contribution in [2.75, 3.05) is 13.2 Å². The van der Waals surface area contributed by atoms with E-state index in [1.807, 2.05) is 0 Å². The number of primary amides is 1. The Morgan fingerprint density at radius 2 is 1.95 bits per heavy atom. The van der Waals surface area contributed by atoms with E-state index < -0.39 is 6.09 Å². The minimum Gasteiger partial charge on any atom is -0.443 e. The number of fused-ring (bicyclic) bond motifs is 4. The molecule has 3 saturated carbocycles. The predicted molar refractivity (Wildman–Crippen MR) is 72.5 cm³/mol. The summed E-state index contributed by atoms with van der Waals surface area (Å²) in [6.45, 7) is 5.54. The first kappa shape index (κ1) is 14.6. The molecule has 4 N–H and O–H groups in total. The molecular weight excluding hydrogens is 244 g/mol. The lowest BCUT2D eigenvalue weighted by atomic mass is 9.60. The average molecular weight is 270 g/mol. The molecule has 3 aliphatic carbocycles. The van der Waals surface area contributed by atoms with E-state index in [1.54, 1.807) is 0 Å². The van der Waals surface area contributed by atoms with Crippen molar-refractivity contribution in [1.82, 2.24) is 0 Å². The summed E-state index contributed by atoms with van der Waals surface area (Å²) < 4.78 is 11.4. The van der Waals surface area contributed by atoms with Gasteiger partial charge in [0.15, 0.2) is 0 Å². The molecule has 2 bridgehead atoms. The molecule has 3 aliphatic rings. The summed E-state index contributed by atoms with van der Waals surface area (Å²) in [4.78, 5) is 11.0. The van der Waals surface area contributed by atoms with E-state index in [9.17, 15) is 4.79 Å². The Morgan fingerprint density at radius 3 is 2.53 bits per heavy atom. The molecule has 0 aromatic heterocycles. The average Bonchev–Trinajstić information content (AvgIpc) is 2.20. The largest absolute Gasteiger partial charge is 0.443 e. The summed E-state index contributed by atoms with van der Waals surface area (Å²) in [6.07, 6.45) is 4.07. The molecule has 0 saturated heterocycles. The zero-order valence-electron chi connectivity index (χ0n) is 12.0. The highest BCUT2D eigenvalue weighted by Gasteiger charge is 2.52. The first-order valence-electron chi connectivity index (χ1n) is 7.19. The van der Waals surface area contributed by atoms with Crippen LogP contribution >= 0.6 is 0 Å². The van der Waals surface area contributed by atoms with Gasteiger partial charge in [-0.05, 0) is 50.9 Å². The third-order valence-electron chi connectivity index (χ3n) is 4.43. The fraction of sp³-hybridized carbons (Fsp3) is 0.929. The third kappa shape index (κ3) is 3.39. The summed E-state index contributed by atoms with van der Waals surface area (Å²) in [5.74, 6) is 1.01. The highest BCUT2D eigenvalue weighted by atomic mass is 16.6. The van der Waals surface area contributed by atoms with Crippen molar-refractivity contribution in [3.8, 4) is 0 Å². The Balaban J connectivity index is 2.01. The third-order valence-corrected chi connectivity index (χ3v) is 4.43. The minimum atomic E-state index is -0.645. The van der Waals surface area contributed by atoms with Crippen LogP contribution in [-0.4, -0.2) is 30.4 Å². The lowest BCUT2D eigenvalue weighted by molar-refractivity contribution is -0.149. The van der Waals surface area contributed by atoms with Crippen molar-refractivity contribution >= 4 is 6.09 Å². The number of hydrogen-bond acceptors (Lipinski definition) is 4. The minimum absolute atomic E-state index is 0.0945. The topological polar surface area (TPSA) is 87.6 Å². The Morgan fingerprint density at radius 1 is 1.26 bits per heavy atom. The maximum atomic E-state index is 11.0. The van der Waals surface area contributed by atoms with E-state index in [1.165, 1.54) is 0 Å². The summed E-state index contributed by atoms with van der Waals surface area (Å²) in [5, 5.41) is 0. The van der Waals surface area contributed by atoms with Crippen molar-refractivity contribution in [2.24, 2.45) is 23.3 Å². The number of hydrogen-bond donors (Lipinski definition) is 2. The van der Waals surface area contributed by atoms with E-state index >= 15 is 0 Å². The Hall–Kier alpha value is -0.810. The molecule has 5 heteroatoms. The van der Waals surface area contributed by atoms with Crippen LogP contribution < -0.4 is 11.5 Å². The van der Waals surface area contributed by atoms with Crippen LogP contribution in [-0.2, 0) is 9.47 Å². The lowest BCUT2D eigenvalue weighted by Gasteiger charge is -2.53. The van der Waals surface area contributed by atoms with E-state index in [2.05, 4.69) is 13.8 Å². The maximum absolute atomic E-state index is 11.0. The van der Waals surface area contributed by atoms with Gasteiger partial charge >= 0.3 is 6.09 Å². The Labute approximate surface area is 115 Å². The monoisotopic (exact) mass is 270 g/mol. The molecule has 0 spiro atoms. The van der Waals surface area contributed by atoms with E-state index in [4.69, 9.17) is 20.9 Å². The maximum Gasteiger partial charge on any atom is 0.405 e. The quantitative estimate of drug-likeness (QED) is 0.815. The van der Waals surface area contributed by atoms with Gasteiger partial charge in [-0.25, -0.2) is 4.79 Å². The molecule has 0 radical (unpaired) electrons. The first-order valence-corrected chi connectivity index (χ1v) is 7.19. The molecule has 0 aromatic rings. The predicted octanol–water partition coefficient (Wildman–Crippen LogP) is 1.78. The van der Waals surface area contributed by atoms with Crippen molar-refractivity contribution in [3.63, 3.8) is 0 Å². The Bertz CT molecular complexity index is 338. The zero-order chi connectivity index (χ0) is 14.1. The summed E-state index contributed by atoms with van der Waals surface area (Å²) in [7, 11) is 0. The number of carbonyl (C=O) groups excluding carboxylic acids is 1. The van der Waals surface area contributed by atoms with Crippen LogP contribution in [0.5, 0.6) is 0 Å². The lowest BCUT2D eigenvalue weighted by Crippen LogP contribution is -2.54. The van der Waals surface area contributed by atoms with Crippen molar-refractivity contribution < 1.29 is 14.3 Å².